The molecule has 1 saturated heterocycles. The monoisotopic (exact) mass is 266 g/mol. The number of carbonyl (C=O) groups is 1. The van der Waals surface area contributed by atoms with Gasteiger partial charge in [-0.15, -0.1) is 0 Å². The summed E-state index contributed by atoms with van der Waals surface area (Å²) in [5, 5.41) is 3.37. The van der Waals surface area contributed by atoms with Crippen LogP contribution in [0.5, 0.6) is 5.75 Å². The number of nitrogens with one attached hydrogen (secondary N) is 1. The number of halogens is 1. The molecule has 1 aliphatic heterocycles. The van der Waals surface area contributed by atoms with E-state index in [2.05, 4.69) is 5.32 Å². The molecule has 0 radical (unpaired) electrons. The molecule has 0 aromatic heterocycles. The second-order valence-corrected chi connectivity index (χ2v) is 5.03. The van der Waals surface area contributed by atoms with Crippen LogP contribution >= 0.6 is 0 Å². The molecule has 1 aromatic carbocycles. The van der Waals surface area contributed by atoms with Crippen molar-refractivity contribution < 1.29 is 13.9 Å². The summed E-state index contributed by atoms with van der Waals surface area (Å²) in [7, 11) is 1.39. The Morgan fingerprint density at radius 2 is 2.00 bits per heavy atom. The van der Waals surface area contributed by atoms with E-state index in [1.165, 1.54) is 25.3 Å². The predicted octanol–water partition coefficient (Wildman–Crippen LogP) is 1.66. The zero-order valence-electron chi connectivity index (χ0n) is 11.4. The molecule has 1 fully saturated rings. The van der Waals surface area contributed by atoms with E-state index < -0.39 is 5.82 Å². The minimum atomic E-state index is -0.457. The van der Waals surface area contributed by atoms with Crippen molar-refractivity contribution >= 4 is 5.91 Å². The fraction of sp³-hybridized carbons (Fsp3) is 0.500. The molecule has 1 amide bonds. The fourth-order valence-corrected chi connectivity index (χ4v) is 2.47. The number of hydrogen-bond acceptors (Lipinski definition) is 3. The Labute approximate surface area is 112 Å². The molecule has 2 atom stereocenters. The minimum Gasteiger partial charge on any atom is -0.494 e. The van der Waals surface area contributed by atoms with E-state index in [9.17, 15) is 9.18 Å². The summed E-state index contributed by atoms with van der Waals surface area (Å²) in [5.41, 5.74) is 0.458. The van der Waals surface area contributed by atoms with Crippen molar-refractivity contribution in [1.29, 1.82) is 0 Å². The lowest BCUT2D eigenvalue weighted by atomic mass is 10.1. The first-order chi connectivity index (χ1) is 9.01. The molecular formula is C14H19FN2O2. The Bertz CT molecular complexity index is 469. The number of benzene rings is 1. The Kier molecular flexibility index (Phi) is 4.04. The number of carbonyl (C=O) groups excluding carboxylic acids is 1. The molecule has 1 aliphatic rings. The van der Waals surface area contributed by atoms with Gasteiger partial charge in [-0.2, -0.15) is 0 Å². The van der Waals surface area contributed by atoms with Gasteiger partial charge in [0, 0.05) is 30.7 Å². The lowest BCUT2D eigenvalue weighted by Crippen LogP contribution is -2.55. The number of piperazine rings is 1. The zero-order chi connectivity index (χ0) is 14.0. The Balaban J connectivity index is 2.19. The van der Waals surface area contributed by atoms with Crippen LogP contribution in [0.15, 0.2) is 18.2 Å². The third-order valence-corrected chi connectivity index (χ3v) is 3.24. The first-order valence-electron chi connectivity index (χ1n) is 6.40. The zero-order valence-corrected chi connectivity index (χ0v) is 11.4. The van der Waals surface area contributed by atoms with Gasteiger partial charge in [0.05, 0.1) is 7.11 Å². The van der Waals surface area contributed by atoms with E-state index in [1.54, 1.807) is 4.90 Å². The third-order valence-electron chi connectivity index (χ3n) is 3.24. The highest BCUT2D eigenvalue weighted by Gasteiger charge is 2.25. The number of amides is 1. The summed E-state index contributed by atoms with van der Waals surface area (Å²) < 4.78 is 18.2. The second kappa shape index (κ2) is 5.57. The molecule has 19 heavy (non-hydrogen) atoms. The predicted molar refractivity (Wildman–Crippen MR) is 70.9 cm³/mol. The number of nitrogens with zero attached hydrogens (tertiary/aromatic N) is 1. The van der Waals surface area contributed by atoms with E-state index >= 15 is 0 Å². The second-order valence-electron chi connectivity index (χ2n) is 5.03. The van der Waals surface area contributed by atoms with Crippen molar-refractivity contribution in [2.24, 2.45) is 0 Å². The maximum atomic E-state index is 13.3. The summed E-state index contributed by atoms with van der Waals surface area (Å²) in [6.07, 6.45) is 0. The lowest BCUT2D eigenvalue weighted by Gasteiger charge is -2.36. The van der Waals surface area contributed by atoms with Gasteiger partial charge in [-0.3, -0.25) is 4.79 Å². The number of rotatable bonds is 2. The number of hydrogen-bond donors (Lipinski definition) is 1. The Hall–Kier alpha value is -1.62. The highest BCUT2D eigenvalue weighted by Crippen LogP contribution is 2.20. The van der Waals surface area contributed by atoms with Crippen molar-refractivity contribution in [2.75, 3.05) is 20.2 Å². The van der Waals surface area contributed by atoms with Gasteiger partial charge in [0.25, 0.3) is 5.91 Å². The number of ether oxygens (including phenoxy) is 1. The van der Waals surface area contributed by atoms with Gasteiger partial charge in [0.1, 0.15) is 0 Å². The van der Waals surface area contributed by atoms with Crippen molar-refractivity contribution in [3.63, 3.8) is 0 Å². The van der Waals surface area contributed by atoms with Crippen molar-refractivity contribution in [2.45, 2.75) is 25.9 Å². The smallest absolute Gasteiger partial charge is 0.254 e. The van der Waals surface area contributed by atoms with Crippen LogP contribution in [0.1, 0.15) is 24.2 Å². The van der Waals surface area contributed by atoms with Crippen LogP contribution in [-0.4, -0.2) is 43.1 Å². The van der Waals surface area contributed by atoms with Gasteiger partial charge < -0.3 is 15.0 Å². The fourth-order valence-electron chi connectivity index (χ4n) is 2.47. The highest BCUT2D eigenvalue weighted by atomic mass is 19.1. The van der Waals surface area contributed by atoms with E-state index in [0.717, 1.165) is 0 Å². The molecule has 4 nitrogen and oxygen atoms in total. The van der Waals surface area contributed by atoms with Crippen molar-refractivity contribution in [1.82, 2.24) is 10.2 Å². The van der Waals surface area contributed by atoms with Crippen LogP contribution in [-0.2, 0) is 0 Å². The largest absolute Gasteiger partial charge is 0.494 e. The van der Waals surface area contributed by atoms with E-state index in [4.69, 9.17) is 4.74 Å². The average molecular weight is 266 g/mol. The Morgan fingerprint density at radius 3 is 2.58 bits per heavy atom. The quantitative estimate of drug-likeness (QED) is 0.885. The molecular weight excluding hydrogens is 247 g/mol. The molecule has 104 valence electrons. The molecule has 0 spiro atoms. The molecule has 5 heteroatoms. The van der Waals surface area contributed by atoms with Gasteiger partial charge >= 0.3 is 0 Å². The molecule has 0 aliphatic carbocycles. The normalized spacial score (nSPS) is 23.3. The van der Waals surface area contributed by atoms with Crippen LogP contribution in [0.4, 0.5) is 4.39 Å². The van der Waals surface area contributed by atoms with Crippen LogP contribution in [0.2, 0.25) is 0 Å². The van der Waals surface area contributed by atoms with Gasteiger partial charge in [0.2, 0.25) is 0 Å². The van der Waals surface area contributed by atoms with Crippen LogP contribution in [0.3, 0.4) is 0 Å². The standard InChI is InChI=1S/C14H19FN2O2/c1-9-7-17(8-10(2)16-9)14(18)11-4-5-12(15)13(6-11)19-3/h4-6,9-10,16H,7-8H2,1-3H3. The summed E-state index contributed by atoms with van der Waals surface area (Å²) in [6, 6.07) is 4.73. The highest BCUT2D eigenvalue weighted by molar-refractivity contribution is 5.94. The van der Waals surface area contributed by atoms with Crippen LogP contribution in [0, 0.1) is 5.82 Å². The Morgan fingerprint density at radius 1 is 1.37 bits per heavy atom. The first-order valence-corrected chi connectivity index (χ1v) is 6.40. The summed E-state index contributed by atoms with van der Waals surface area (Å²) in [4.78, 5) is 14.2. The molecule has 1 heterocycles. The average Bonchev–Trinajstić information content (AvgIpc) is 2.37. The molecule has 0 saturated carbocycles. The van der Waals surface area contributed by atoms with Crippen LogP contribution in [0.25, 0.3) is 0 Å². The lowest BCUT2D eigenvalue weighted by molar-refractivity contribution is 0.0673. The van der Waals surface area contributed by atoms with Crippen LogP contribution < -0.4 is 10.1 Å². The van der Waals surface area contributed by atoms with Gasteiger partial charge in [0.15, 0.2) is 11.6 Å². The van der Waals surface area contributed by atoms with Crippen molar-refractivity contribution in [3.05, 3.63) is 29.6 Å². The van der Waals surface area contributed by atoms with E-state index in [-0.39, 0.29) is 23.7 Å². The maximum absolute atomic E-state index is 13.3. The van der Waals surface area contributed by atoms with Gasteiger partial charge in [-0.05, 0) is 32.0 Å². The summed E-state index contributed by atoms with van der Waals surface area (Å²) in [5.74, 6) is -0.443. The summed E-state index contributed by atoms with van der Waals surface area (Å²) in [6.45, 7) is 5.40. The number of methoxy groups -OCH3 is 1. The first kappa shape index (κ1) is 13.8. The third kappa shape index (κ3) is 3.04. The maximum Gasteiger partial charge on any atom is 0.254 e. The SMILES string of the molecule is COc1cc(C(=O)N2CC(C)NC(C)C2)ccc1F. The molecule has 1 N–H and O–H groups in total. The van der Waals surface area contributed by atoms with Gasteiger partial charge in [-0.25, -0.2) is 4.39 Å². The van der Waals surface area contributed by atoms with Crippen molar-refractivity contribution in [3.8, 4) is 5.75 Å². The molecule has 0 bridgehead atoms. The van der Waals surface area contributed by atoms with E-state index in [0.29, 0.717) is 18.7 Å². The van der Waals surface area contributed by atoms with E-state index in [1.807, 2.05) is 13.8 Å². The molecule has 2 unspecified atom stereocenters. The minimum absolute atomic E-state index is 0.0847. The topological polar surface area (TPSA) is 41.6 Å². The molecule has 1 aromatic rings. The summed E-state index contributed by atoms with van der Waals surface area (Å²) >= 11 is 0. The van der Waals surface area contributed by atoms with Gasteiger partial charge in [-0.1, -0.05) is 0 Å². The molecule has 2 rings (SSSR count).